The molecule has 3 fully saturated rings. The predicted molar refractivity (Wildman–Crippen MR) is 117 cm³/mol. The number of hydrogen-bond acceptors (Lipinski definition) is 7. The van der Waals surface area contributed by atoms with Crippen LogP contribution in [0.4, 0.5) is 16.4 Å². The first-order chi connectivity index (χ1) is 14.2. The van der Waals surface area contributed by atoms with Crippen molar-refractivity contribution < 1.29 is 9.53 Å². The molecule has 4 rings (SSSR count). The number of nitrogen functional groups attached to an aromatic ring is 1. The maximum Gasteiger partial charge on any atom is 0.410 e. The van der Waals surface area contributed by atoms with Gasteiger partial charge in [0.15, 0.2) is 0 Å². The first-order valence-electron chi connectivity index (χ1n) is 11.2. The van der Waals surface area contributed by atoms with Crippen LogP contribution in [0, 0.1) is 11.3 Å². The molecule has 0 bridgehead atoms. The Morgan fingerprint density at radius 2 is 1.80 bits per heavy atom. The summed E-state index contributed by atoms with van der Waals surface area (Å²) in [5.74, 6) is 2.15. The molecule has 2 N–H and O–H groups in total. The third-order valence-corrected chi connectivity index (χ3v) is 6.71. The number of piperidine rings is 2. The van der Waals surface area contributed by atoms with Crippen LogP contribution < -0.4 is 10.6 Å². The molecule has 1 amide bonds. The molecule has 8 nitrogen and oxygen atoms in total. The van der Waals surface area contributed by atoms with Gasteiger partial charge in [-0.15, -0.1) is 0 Å². The molecule has 8 heteroatoms. The molecule has 1 spiro atoms. The smallest absolute Gasteiger partial charge is 0.410 e. The Morgan fingerprint density at radius 3 is 2.37 bits per heavy atom. The van der Waals surface area contributed by atoms with E-state index in [1.807, 2.05) is 25.7 Å². The Morgan fingerprint density at radius 1 is 1.13 bits per heavy atom. The topological polar surface area (TPSA) is 87.8 Å². The largest absolute Gasteiger partial charge is 0.444 e. The lowest BCUT2D eigenvalue weighted by molar-refractivity contribution is -0.0579. The molecule has 0 radical (unpaired) electrons. The van der Waals surface area contributed by atoms with Crippen molar-refractivity contribution in [3.63, 3.8) is 0 Å². The van der Waals surface area contributed by atoms with Gasteiger partial charge in [-0.3, -0.25) is 0 Å². The minimum absolute atomic E-state index is 0.161. The van der Waals surface area contributed by atoms with Crippen molar-refractivity contribution in [1.82, 2.24) is 19.8 Å². The van der Waals surface area contributed by atoms with Crippen LogP contribution in [0.3, 0.4) is 0 Å². The van der Waals surface area contributed by atoms with Gasteiger partial charge in [-0.2, -0.15) is 0 Å². The number of anilines is 2. The number of carbonyl (C=O) groups excluding carboxylic acids is 1. The molecule has 4 heterocycles. The second-order valence-corrected chi connectivity index (χ2v) is 10.4. The van der Waals surface area contributed by atoms with Gasteiger partial charge in [0.1, 0.15) is 17.2 Å². The molecule has 3 saturated heterocycles. The third-order valence-electron chi connectivity index (χ3n) is 6.71. The highest BCUT2D eigenvalue weighted by Crippen LogP contribution is 2.41. The average molecular weight is 417 g/mol. The number of ether oxygens (including phenoxy) is 1. The summed E-state index contributed by atoms with van der Waals surface area (Å²) in [5, 5.41) is 0. The quantitative estimate of drug-likeness (QED) is 0.810. The number of rotatable bonds is 3. The summed E-state index contributed by atoms with van der Waals surface area (Å²) in [6.07, 6.45) is 7.83. The van der Waals surface area contributed by atoms with Gasteiger partial charge in [0.05, 0.1) is 12.4 Å². The van der Waals surface area contributed by atoms with Gasteiger partial charge >= 0.3 is 6.09 Å². The molecule has 0 aromatic carbocycles. The number of amides is 1. The molecule has 0 atom stereocenters. The van der Waals surface area contributed by atoms with Crippen LogP contribution in [0.25, 0.3) is 0 Å². The monoisotopic (exact) mass is 416 g/mol. The molecular weight excluding hydrogens is 380 g/mol. The molecule has 1 aromatic rings. The van der Waals surface area contributed by atoms with Crippen molar-refractivity contribution in [3.05, 3.63) is 12.4 Å². The molecule has 0 aliphatic carbocycles. The molecular formula is C22H36N6O2. The van der Waals surface area contributed by atoms with Crippen molar-refractivity contribution in [1.29, 1.82) is 0 Å². The van der Waals surface area contributed by atoms with Crippen molar-refractivity contribution in [2.75, 3.05) is 56.4 Å². The second kappa shape index (κ2) is 8.21. The van der Waals surface area contributed by atoms with Crippen molar-refractivity contribution >= 4 is 17.7 Å². The summed E-state index contributed by atoms with van der Waals surface area (Å²) in [6.45, 7) is 13.0. The molecule has 30 heavy (non-hydrogen) atoms. The van der Waals surface area contributed by atoms with Crippen LogP contribution >= 0.6 is 0 Å². The van der Waals surface area contributed by atoms with Gasteiger partial charge < -0.3 is 25.2 Å². The van der Waals surface area contributed by atoms with Crippen LogP contribution in [0.1, 0.15) is 46.5 Å². The van der Waals surface area contributed by atoms with Gasteiger partial charge in [-0.25, -0.2) is 14.8 Å². The number of nitrogens with zero attached hydrogens (tertiary/aromatic N) is 5. The molecule has 0 saturated carbocycles. The average Bonchev–Trinajstić information content (AvgIpc) is 2.67. The minimum Gasteiger partial charge on any atom is -0.444 e. The van der Waals surface area contributed by atoms with E-state index < -0.39 is 5.60 Å². The summed E-state index contributed by atoms with van der Waals surface area (Å²) in [7, 11) is 0. The third kappa shape index (κ3) is 4.96. The Labute approximate surface area is 179 Å². The zero-order chi connectivity index (χ0) is 21.4. The van der Waals surface area contributed by atoms with Gasteiger partial charge in [0.2, 0.25) is 0 Å². The minimum atomic E-state index is -0.421. The van der Waals surface area contributed by atoms with Gasteiger partial charge in [-0.05, 0) is 57.8 Å². The Kier molecular flexibility index (Phi) is 5.79. The Hall–Kier alpha value is -2.09. The van der Waals surface area contributed by atoms with Crippen molar-refractivity contribution in [2.45, 2.75) is 52.1 Å². The lowest BCUT2D eigenvalue weighted by atomic mass is 9.71. The number of likely N-dealkylation sites (tertiary alicyclic amines) is 2. The van der Waals surface area contributed by atoms with E-state index in [2.05, 4.69) is 19.8 Å². The normalized spacial score (nSPS) is 22.8. The highest BCUT2D eigenvalue weighted by Gasteiger charge is 2.46. The maximum atomic E-state index is 12.3. The van der Waals surface area contributed by atoms with E-state index in [4.69, 9.17) is 10.5 Å². The summed E-state index contributed by atoms with van der Waals surface area (Å²) in [4.78, 5) is 27.7. The van der Waals surface area contributed by atoms with Crippen LogP contribution in [0.5, 0.6) is 0 Å². The molecule has 1 aromatic heterocycles. The maximum absolute atomic E-state index is 12.3. The molecule has 3 aliphatic rings. The van der Waals surface area contributed by atoms with Gasteiger partial charge in [0, 0.05) is 45.8 Å². The first kappa shape index (κ1) is 21.2. The van der Waals surface area contributed by atoms with Crippen LogP contribution in [-0.2, 0) is 4.74 Å². The molecule has 3 aliphatic heterocycles. The standard InChI is InChI=1S/C22H36N6O2/c1-21(2,3)30-20(29)28-10-6-22(7-11-28)15-26(16-22)14-17-4-8-27(9-5-17)19-13-24-18(23)12-25-19/h12-13,17H,4-11,14-16H2,1-3H3,(H2,23,24). The van der Waals surface area contributed by atoms with E-state index in [-0.39, 0.29) is 6.09 Å². The predicted octanol–water partition coefficient (Wildman–Crippen LogP) is 2.61. The zero-order valence-corrected chi connectivity index (χ0v) is 18.6. The van der Waals surface area contributed by atoms with E-state index in [1.54, 1.807) is 12.4 Å². The highest BCUT2D eigenvalue weighted by atomic mass is 16.6. The zero-order valence-electron chi connectivity index (χ0n) is 18.6. The summed E-state index contributed by atoms with van der Waals surface area (Å²) in [5.41, 5.74) is 5.63. The van der Waals surface area contributed by atoms with E-state index in [1.165, 1.54) is 32.5 Å². The van der Waals surface area contributed by atoms with Gasteiger partial charge in [-0.1, -0.05) is 0 Å². The van der Waals surface area contributed by atoms with Crippen molar-refractivity contribution in [2.24, 2.45) is 11.3 Å². The first-order valence-corrected chi connectivity index (χ1v) is 11.2. The molecule has 0 unspecified atom stereocenters. The fraction of sp³-hybridized carbons (Fsp3) is 0.773. The summed E-state index contributed by atoms with van der Waals surface area (Å²) in [6, 6.07) is 0. The summed E-state index contributed by atoms with van der Waals surface area (Å²) < 4.78 is 5.52. The van der Waals surface area contributed by atoms with E-state index >= 15 is 0 Å². The van der Waals surface area contributed by atoms with Crippen LogP contribution in [0.2, 0.25) is 0 Å². The van der Waals surface area contributed by atoms with Crippen LogP contribution in [0.15, 0.2) is 12.4 Å². The Balaban J connectivity index is 1.16. The lowest BCUT2D eigenvalue weighted by Gasteiger charge is -2.55. The van der Waals surface area contributed by atoms with Crippen LogP contribution in [-0.4, -0.2) is 77.3 Å². The van der Waals surface area contributed by atoms with Crippen molar-refractivity contribution in [3.8, 4) is 0 Å². The number of nitrogens with two attached hydrogens (primary N) is 1. The number of carbonyl (C=O) groups is 1. The lowest BCUT2D eigenvalue weighted by Crippen LogP contribution is -2.61. The number of hydrogen-bond donors (Lipinski definition) is 1. The van der Waals surface area contributed by atoms with E-state index in [9.17, 15) is 4.79 Å². The second-order valence-electron chi connectivity index (χ2n) is 10.4. The fourth-order valence-electron chi connectivity index (χ4n) is 5.04. The summed E-state index contributed by atoms with van der Waals surface area (Å²) >= 11 is 0. The van der Waals surface area contributed by atoms with E-state index in [0.29, 0.717) is 11.2 Å². The van der Waals surface area contributed by atoms with E-state index in [0.717, 1.165) is 50.8 Å². The number of aromatic nitrogens is 2. The SMILES string of the molecule is CC(C)(C)OC(=O)N1CCC2(CC1)CN(CC1CCN(c3cnc(N)cn3)CC1)C2. The fourth-order valence-corrected chi connectivity index (χ4v) is 5.04. The molecule has 166 valence electrons. The van der Waals surface area contributed by atoms with Gasteiger partial charge in [0.25, 0.3) is 0 Å². The Bertz CT molecular complexity index is 723. The highest BCUT2D eigenvalue weighted by molar-refractivity contribution is 5.68.